The van der Waals surface area contributed by atoms with E-state index in [1.807, 2.05) is 68.4 Å². The van der Waals surface area contributed by atoms with E-state index in [0.29, 0.717) is 19.6 Å². The zero-order valence-corrected chi connectivity index (χ0v) is 18.1. The summed E-state index contributed by atoms with van der Waals surface area (Å²) in [5, 5.41) is 2.27. The highest BCUT2D eigenvalue weighted by atomic mass is 16.7. The summed E-state index contributed by atoms with van der Waals surface area (Å²) in [6.45, 7) is 6.40. The zero-order chi connectivity index (χ0) is 22.0. The van der Waals surface area contributed by atoms with Crippen molar-refractivity contribution < 1.29 is 19.2 Å². The van der Waals surface area contributed by atoms with E-state index in [9.17, 15) is 9.59 Å². The number of carbonyl (C=O) groups excluding carboxylic acids is 2. The molecule has 1 atom stereocenters. The van der Waals surface area contributed by atoms with Gasteiger partial charge in [-0.3, -0.25) is 9.78 Å². The average Bonchev–Trinajstić information content (AvgIpc) is 3.07. The molecule has 31 heavy (non-hydrogen) atoms. The van der Waals surface area contributed by atoms with Gasteiger partial charge in [-0.1, -0.05) is 37.3 Å². The Hall–Kier alpha value is -3.41. The number of hydroxylamine groups is 2. The van der Waals surface area contributed by atoms with E-state index in [0.717, 1.165) is 33.5 Å². The van der Waals surface area contributed by atoms with Crippen molar-refractivity contribution in [2.45, 2.75) is 45.6 Å². The summed E-state index contributed by atoms with van der Waals surface area (Å²) in [5.41, 5.74) is 3.15. The van der Waals surface area contributed by atoms with Crippen LogP contribution in [0, 0.1) is 6.92 Å². The highest BCUT2D eigenvalue weighted by Gasteiger charge is 2.46. The molecule has 0 spiro atoms. The van der Waals surface area contributed by atoms with Crippen molar-refractivity contribution in [1.82, 2.24) is 10.0 Å². The summed E-state index contributed by atoms with van der Waals surface area (Å²) in [6, 6.07) is 17.7. The lowest BCUT2D eigenvalue weighted by Gasteiger charge is -2.23. The molecule has 1 aliphatic heterocycles. The second-order valence-electron chi connectivity index (χ2n) is 8.06. The van der Waals surface area contributed by atoms with Gasteiger partial charge < -0.3 is 9.57 Å². The number of benzene rings is 2. The summed E-state index contributed by atoms with van der Waals surface area (Å²) < 4.78 is 6.03. The van der Waals surface area contributed by atoms with Crippen LogP contribution in [0.2, 0.25) is 0 Å². The van der Waals surface area contributed by atoms with Crippen LogP contribution in [-0.2, 0) is 26.4 Å². The van der Waals surface area contributed by atoms with Gasteiger partial charge in [-0.15, -0.1) is 0 Å². The van der Waals surface area contributed by atoms with Crippen LogP contribution in [0.3, 0.4) is 0 Å². The van der Waals surface area contributed by atoms with Crippen molar-refractivity contribution in [1.29, 1.82) is 0 Å². The average molecular weight is 418 g/mol. The van der Waals surface area contributed by atoms with Gasteiger partial charge in [0.05, 0.1) is 17.5 Å². The van der Waals surface area contributed by atoms with Gasteiger partial charge in [0.15, 0.2) is 0 Å². The lowest BCUT2D eigenvalue weighted by molar-refractivity contribution is -0.193. The fourth-order valence-corrected chi connectivity index (χ4v) is 3.95. The lowest BCUT2D eigenvalue weighted by Crippen LogP contribution is -2.36. The molecule has 2 heterocycles. The second kappa shape index (κ2) is 8.38. The van der Waals surface area contributed by atoms with E-state index in [1.54, 1.807) is 6.92 Å². The molecule has 2 aromatic carbocycles. The lowest BCUT2D eigenvalue weighted by atomic mass is 9.81. The summed E-state index contributed by atoms with van der Waals surface area (Å²) in [4.78, 5) is 34.1. The molecule has 1 aliphatic rings. The van der Waals surface area contributed by atoms with E-state index in [4.69, 9.17) is 9.57 Å². The number of amides is 1. The van der Waals surface area contributed by atoms with Crippen LogP contribution in [0.4, 0.5) is 0 Å². The maximum atomic E-state index is 12.8. The Morgan fingerprint density at radius 2 is 1.90 bits per heavy atom. The monoisotopic (exact) mass is 418 g/mol. The third-order valence-electron chi connectivity index (χ3n) is 5.83. The van der Waals surface area contributed by atoms with Gasteiger partial charge in [0.1, 0.15) is 12.4 Å². The molecule has 1 fully saturated rings. The SMILES string of the molecule is CCC(=O)ON1CCC(C)(c2ccc(OCc3cc(C)nc4ccccc34)cc2)C1=O. The van der Waals surface area contributed by atoms with Gasteiger partial charge in [-0.25, -0.2) is 4.79 Å². The van der Waals surface area contributed by atoms with E-state index in [-0.39, 0.29) is 12.3 Å². The van der Waals surface area contributed by atoms with Crippen molar-refractivity contribution in [3.63, 3.8) is 0 Å². The van der Waals surface area contributed by atoms with Crippen molar-refractivity contribution in [3.05, 3.63) is 71.4 Å². The molecular weight excluding hydrogens is 392 g/mol. The fourth-order valence-electron chi connectivity index (χ4n) is 3.95. The highest BCUT2D eigenvalue weighted by Crippen LogP contribution is 2.36. The molecule has 1 amide bonds. The molecule has 3 aromatic rings. The Labute approximate surface area is 181 Å². The van der Waals surface area contributed by atoms with Crippen LogP contribution in [0.25, 0.3) is 10.9 Å². The fraction of sp³-hybridized carbons (Fsp3) is 0.320. The number of hydrogen-bond donors (Lipinski definition) is 0. The Balaban J connectivity index is 1.47. The van der Waals surface area contributed by atoms with Gasteiger partial charge in [-0.2, -0.15) is 5.06 Å². The van der Waals surface area contributed by atoms with Crippen LogP contribution in [0.1, 0.15) is 43.5 Å². The Morgan fingerprint density at radius 3 is 2.65 bits per heavy atom. The minimum atomic E-state index is -0.717. The Bertz CT molecular complexity index is 1130. The predicted octanol–water partition coefficient (Wildman–Crippen LogP) is 4.48. The molecule has 160 valence electrons. The van der Waals surface area contributed by atoms with Crippen molar-refractivity contribution in [3.8, 4) is 5.75 Å². The van der Waals surface area contributed by atoms with Crippen LogP contribution < -0.4 is 4.74 Å². The summed E-state index contributed by atoms with van der Waals surface area (Å²) in [6.07, 6.45) is 0.824. The van der Waals surface area contributed by atoms with E-state index < -0.39 is 11.4 Å². The van der Waals surface area contributed by atoms with Crippen LogP contribution in [-0.4, -0.2) is 28.5 Å². The third-order valence-corrected chi connectivity index (χ3v) is 5.83. The predicted molar refractivity (Wildman–Crippen MR) is 117 cm³/mol. The molecule has 0 radical (unpaired) electrons. The summed E-state index contributed by atoms with van der Waals surface area (Å²) >= 11 is 0. The Morgan fingerprint density at radius 1 is 1.16 bits per heavy atom. The topological polar surface area (TPSA) is 68.7 Å². The molecular formula is C25H26N2O4. The molecule has 0 aliphatic carbocycles. The molecule has 0 N–H and O–H groups in total. The number of rotatable bonds is 6. The number of pyridine rings is 1. The summed E-state index contributed by atoms with van der Waals surface area (Å²) in [7, 11) is 0. The standard InChI is InChI=1S/C25H26N2O4/c1-4-23(28)31-27-14-13-25(3,24(27)29)19-9-11-20(12-10-19)30-16-18-15-17(2)26-22-8-6-5-7-21(18)22/h5-12,15H,4,13-14,16H2,1-3H3. The number of aryl methyl sites for hydroxylation is 1. The zero-order valence-electron chi connectivity index (χ0n) is 18.1. The van der Waals surface area contributed by atoms with Gasteiger partial charge in [-0.05, 0) is 50.1 Å². The van der Waals surface area contributed by atoms with E-state index in [1.165, 1.54) is 5.06 Å². The van der Waals surface area contributed by atoms with Crippen LogP contribution >= 0.6 is 0 Å². The number of hydrogen-bond acceptors (Lipinski definition) is 5. The van der Waals surface area contributed by atoms with E-state index >= 15 is 0 Å². The summed E-state index contributed by atoms with van der Waals surface area (Å²) in [5.74, 6) is 0.132. The maximum Gasteiger partial charge on any atom is 0.332 e. The number of aromatic nitrogens is 1. The number of ether oxygens (including phenoxy) is 1. The van der Waals surface area contributed by atoms with Crippen molar-refractivity contribution in [2.24, 2.45) is 0 Å². The minimum Gasteiger partial charge on any atom is -0.489 e. The first-order chi connectivity index (χ1) is 14.9. The van der Waals surface area contributed by atoms with Crippen molar-refractivity contribution >= 4 is 22.8 Å². The normalized spacial score (nSPS) is 18.4. The molecule has 1 aromatic heterocycles. The number of nitrogens with zero attached hydrogens (tertiary/aromatic N) is 2. The molecule has 0 saturated carbocycles. The number of fused-ring (bicyclic) bond motifs is 1. The second-order valence-corrected chi connectivity index (χ2v) is 8.06. The minimum absolute atomic E-state index is 0.193. The largest absolute Gasteiger partial charge is 0.489 e. The highest BCUT2D eigenvalue weighted by molar-refractivity contribution is 5.90. The molecule has 6 heteroatoms. The number of para-hydroxylation sites is 1. The molecule has 1 saturated heterocycles. The first kappa shape index (κ1) is 20.8. The van der Waals surface area contributed by atoms with Gasteiger partial charge >= 0.3 is 5.97 Å². The van der Waals surface area contributed by atoms with Crippen LogP contribution in [0.5, 0.6) is 5.75 Å². The smallest absolute Gasteiger partial charge is 0.332 e. The van der Waals surface area contributed by atoms with E-state index in [2.05, 4.69) is 4.98 Å². The molecule has 4 rings (SSSR count). The first-order valence-electron chi connectivity index (χ1n) is 10.5. The maximum absolute atomic E-state index is 12.8. The van der Waals surface area contributed by atoms with Gasteiger partial charge in [0, 0.05) is 23.1 Å². The molecule has 6 nitrogen and oxygen atoms in total. The first-order valence-corrected chi connectivity index (χ1v) is 10.5. The number of carbonyl (C=O) groups is 2. The Kier molecular flexibility index (Phi) is 5.63. The third kappa shape index (κ3) is 4.10. The molecule has 1 unspecified atom stereocenters. The van der Waals surface area contributed by atoms with Crippen molar-refractivity contribution in [2.75, 3.05) is 6.54 Å². The quantitative estimate of drug-likeness (QED) is 0.590. The van der Waals surface area contributed by atoms with Gasteiger partial charge in [0.25, 0.3) is 5.91 Å². The van der Waals surface area contributed by atoms with Crippen LogP contribution in [0.15, 0.2) is 54.6 Å². The molecule has 0 bridgehead atoms. The van der Waals surface area contributed by atoms with Gasteiger partial charge in [0.2, 0.25) is 0 Å².